The minimum Gasteiger partial charge on any atom is -0.435 e. The van der Waals surface area contributed by atoms with Gasteiger partial charge in [0.25, 0.3) is 0 Å². The number of rotatable bonds is 5. The van der Waals surface area contributed by atoms with E-state index in [1.165, 1.54) is 19.3 Å². The fourth-order valence-electron chi connectivity index (χ4n) is 3.14. The fourth-order valence-corrected chi connectivity index (χ4v) is 3.14. The highest BCUT2D eigenvalue weighted by Gasteiger charge is 2.21. The molecule has 0 aliphatic heterocycles. The molecule has 2 atom stereocenters. The standard InChI is InChI=1S/C17H25F2NO/c1-12(2)13-5-3-6-14(10-9-13)20-15-7-4-8-16(11-15)21-17(18)19/h4,7-8,11-14,17,20H,3,5-6,9-10H2,1-2H3. The zero-order valence-electron chi connectivity index (χ0n) is 12.8. The van der Waals surface area contributed by atoms with Crippen molar-refractivity contribution in [3.63, 3.8) is 0 Å². The molecule has 1 aromatic carbocycles. The van der Waals surface area contributed by atoms with Crippen molar-refractivity contribution in [2.45, 2.75) is 58.6 Å². The van der Waals surface area contributed by atoms with Crippen LogP contribution in [0.15, 0.2) is 24.3 Å². The summed E-state index contributed by atoms with van der Waals surface area (Å²) in [5.41, 5.74) is 0.862. The summed E-state index contributed by atoms with van der Waals surface area (Å²) in [4.78, 5) is 0. The van der Waals surface area contributed by atoms with Crippen LogP contribution in [-0.2, 0) is 0 Å². The minimum absolute atomic E-state index is 0.212. The molecule has 1 fully saturated rings. The van der Waals surface area contributed by atoms with Crippen molar-refractivity contribution < 1.29 is 13.5 Å². The van der Waals surface area contributed by atoms with E-state index in [-0.39, 0.29) is 5.75 Å². The lowest BCUT2D eigenvalue weighted by atomic mass is 9.89. The summed E-state index contributed by atoms with van der Waals surface area (Å²) >= 11 is 0. The Morgan fingerprint density at radius 2 is 1.95 bits per heavy atom. The normalized spacial score (nSPS) is 23.1. The Morgan fingerprint density at radius 3 is 2.67 bits per heavy atom. The zero-order chi connectivity index (χ0) is 15.2. The topological polar surface area (TPSA) is 21.3 Å². The van der Waals surface area contributed by atoms with Crippen molar-refractivity contribution in [1.29, 1.82) is 0 Å². The molecule has 1 aromatic rings. The fraction of sp³-hybridized carbons (Fsp3) is 0.647. The van der Waals surface area contributed by atoms with Crippen LogP contribution in [0.5, 0.6) is 5.75 Å². The second-order valence-corrected chi connectivity index (χ2v) is 6.26. The van der Waals surface area contributed by atoms with Gasteiger partial charge in [0.05, 0.1) is 0 Å². The van der Waals surface area contributed by atoms with Gasteiger partial charge in [0.1, 0.15) is 5.75 Å². The number of ether oxygens (including phenoxy) is 1. The molecule has 1 N–H and O–H groups in total. The lowest BCUT2D eigenvalue weighted by molar-refractivity contribution is -0.0498. The summed E-state index contributed by atoms with van der Waals surface area (Å²) in [5, 5.41) is 3.47. The van der Waals surface area contributed by atoms with E-state index in [2.05, 4.69) is 23.9 Å². The van der Waals surface area contributed by atoms with Crippen molar-refractivity contribution in [3.8, 4) is 5.75 Å². The van der Waals surface area contributed by atoms with Crippen LogP contribution in [0.1, 0.15) is 46.0 Å². The van der Waals surface area contributed by atoms with E-state index >= 15 is 0 Å². The average Bonchev–Trinajstić information content (AvgIpc) is 2.64. The van der Waals surface area contributed by atoms with E-state index in [9.17, 15) is 8.78 Å². The molecule has 0 radical (unpaired) electrons. The van der Waals surface area contributed by atoms with E-state index in [4.69, 9.17) is 0 Å². The van der Waals surface area contributed by atoms with Gasteiger partial charge in [-0.25, -0.2) is 0 Å². The van der Waals surface area contributed by atoms with E-state index in [0.29, 0.717) is 6.04 Å². The van der Waals surface area contributed by atoms with Crippen LogP contribution in [0.3, 0.4) is 0 Å². The van der Waals surface area contributed by atoms with Crippen molar-refractivity contribution in [1.82, 2.24) is 0 Å². The Labute approximate surface area is 125 Å². The third kappa shape index (κ3) is 5.18. The molecule has 0 heterocycles. The van der Waals surface area contributed by atoms with Crippen molar-refractivity contribution >= 4 is 5.69 Å². The molecule has 1 saturated carbocycles. The van der Waals surface area contributed by atoms with Crippen LogP contribution in [0.4, 0.5) is 14.5 Å². The summed E-state index contributed by atoms with van der Waals surface area (Å²) in [6, 6.07) is 7.28. The van der Waals surface area contributed by atoms with E-state index in [0.717, 1.165) is 30.4 Å². The van der Waals surface area contributed by atoms with Gasteiger partial charge in [-0.1, -0.05) is 32.8 Å². The molecular weight excluding hydrogens is 272 g/mol. The van der Waals surface area contributed by atoms with Gasteiger partial charge >= 0.3 is 6.61 Å². The van der Waals surface area contributed by atoms with Crippen molar-refractivity contribution in [3.05, 3.63) is 24.3 Å². The van der Waals surface area contributed by atoms with Crippen molar-refractivity contribution in [2.75, 3.05) is 5.32 Å². The van der Waals surface area contributed by atoms with Gasteiger partial charge in [-0.2, -0.15) is 8.78 Å². The predicted molar refractivity (Wildman–Crippen MR) is 81.9 cm³/mol. The van der Waals surface area contributed by atoms with Crippen LogP contribution < -0.4 is 10.1 Å². The summed E-state index contributed by atoms with van der Waals surface area (Å²) in [6.07, 6.45) is 6.05. The number of benzene rings is 1. The molecule has 1 aliphatic rings. The first-order valence-corrected chi connectivity index (χ1v) is 7.86. The lowest BCUT2D eigenvalue weighted by Gasteiger charge is -2.20. The molecule has 21 heavy (non-hydrogen) atoms. The predicted octanol–water partition coefficient (Wildman–Crippen LogP) is 5.30. The largest absolute Gasteiger partial charge is 0.435 e. The highest BCUT2D eigenvalue weighted by atomic mass is 19.3. The van der Waals surface area contributed by atoms with E-state index in [1.54, 1.807) is 18.2 Å². The molecule has 2 nitrogen and oxygen atoms in total. The number of halogens is 2. The number of hydrogen-bond acceptors (Lipinski definition) is 2. The van der Waals surface area contributed by atoms with Gasteiger partial charge in [-0.15, -0.1) is 0 Å². The first-order valence-electron chi connectivity index (χ1n) is 7.86. The number of nitrogens with one attached hydrogen (secondary N) is 1. The Kier molecular flexibility index (Phi) is 5.83. The molecule has 0 aromatic heterocycles. The second-order valence-electron chi connectivity index (χ2n) is 6.26. The average molecular weight is 297 g/mol. The maximum atomic E-state index is 12.2. The first-order chi connectivity index (χ1) is 10.0. The molecule has 0 bridgehead atoms. The first kappa shape index (κ1) is 16.1. The molecule has 0 saturated heterocycles. The maximum Gasteiger partial charge on any atom is 0.387 e. The zero-order valence-corrected chi connectivity index (χ0v) is 12.8. The SMILES string of the molecule is CC(C)C1CCCC(Nc2cccc(OC(F)F)c2)CC1. The molecule has 118 valence electrons. The Bertz CT molecular complexity index is 437. The van der Waals surface area contributed by atoms with E-state index in [1.807, 2.05) is 6.07 Å². The summed E-state index contributed by atoms with van der Waals surface area (Å²) < 4.78 is 28.9. The summed E-state index contributed by atoms with van der Waals surface area (Å²) in [6.45, 7) is 1.82. The second kappa shape index (κ2) is 7.62. The lowest BCUT2D eigenvalue weighted by Crippen LogP contribution is -2.18. The van der Waals surface area contributed by atoms with Crippen molar-refractivity contribution in [2.24, 2.45) is 11.8 Å². The molecule has 1 aliphatic carbocycles. The van der Waals surface area contributed by atoms with Gasteiger partial charge in [-0.05, 0) is 43.2 Å². The quantitative estimate of drug-likeness (QED) is 0.744. The van der Waals surface area contributed by atoms with Crippen LogP contribution in [0.25, 0.3) is 0 Å². The van der Waals surface area contributed by atoms with Gasteiger partial charge in [0.2, 0.25) is 0 Å². The van der Waals surface area contributed by atoms with Crippen LogP contribution in [0, 0.1) is 11.8 Å². The van der Waals surface area contributed by atoms with Gasteiger partial charge in [0, 0.05) is 17.8 Å². The Morgan fingerprint density at radius 1 is 1.14 bits per heavy atom. The summed E-state index contributed by atoms with van der Waals surface area (Å²) in [7, 11) is 0. The molecule has 2 unspecified atom stereocenters. The van der Waals surface area contributed by atoms with E-state index < -0.39 is 6.61 Å². The van der Waals surface area contributed by atoms with Crippen LogP contribution in [0.2, 0.25) is 0 Å². The highest BCUT2D eigenvalue weighted by Crippen LogP contribution is 2.30. The number of anilines is 1. The Balaban J connectivity index is 1.92. The van der Waals surface area contributed by atoms with Crippen LogP contribution >= 0.6 is 0 Å². The highest BCUT2D eigenvalue weighted by molar-refractivity contribution is 5.48. The molecule has 4 heteroatoms. The van der Waals surface area contributed by atoms with Gasteiger partial charge in [0.15, 0.2) is 0 Å². The monoisotopic (exact) mass is 297 g/mol. The molecule has 0 spiro atoms. The van der Waals surface area contributed by atoms with Gasteiger partial charge in [-0.3, -0.25) is 0 Å². The minimum atomic E-state index is -2.77. The smallest absolute Gasteiger partial charge is 0.387 e. The van der Waals surface area contributed by atoms with Gasteiger partial charge < -0.3 is 10.1 Å². The third-order valence-corrected chi connectivity index (χ3v) is 4.39. The molecule has 0 amide bonds. The number of alkyl halides is 2. The summed E-state index contributed by atoms with van der Waals surface area (Å²) in [5.74, 6) is 1.76. The maximum absolute atomic E-state index is 12.2. The van der Waals surface area contributed by atoms with Crippen LogP contribution in [-0.4, -0.2) is 12.7 Å². The molecular formula is C17H25F2NO. The third-order valence-electron chi connectivity index (χ3n) is 4.39. The molecule has 2 rings (SSSR count). The number of hydrogen-bond donors (Lipinski definition) is 1. The Hall–Kier alpha value is -1.32.